The highest BCUT2D eigenvalue weighted by Crippen LogP contribution is 2.33. The van der Waals surface area contributed by atoms with Crippen LogP contribution in [0.1, 0.15) is 36.5 Å². The molecule has 0 aromatic heterocycles. The molecule has 0 aliphatic heterocycles. The van der Waals surface area contributed by atoms with Gasteiger partial charge in [-0.15, -0.1) is 0 Å². The number of rotatable bonds is 6. The van der Waals surface area contributed by atoms with E-state index in [4.69, 9.17) is 4.74 Å². The van der Waals surface area contributed by atoms with Gasteiger partial charge >= 0.3 is 5.97 Å². The van der Waals surface area contributed by atoms with E-state index in [0.29, 0.717) is 23.7 Å². The average Bonchev–Trinajstić information content (AvgIpc) is 2.45. The standard InChI is InChI=1S/C15H20N2O4/c1-3-16(10-11-5-4-6-11)14-9-12(15(18)21-2)7-8-13(14)17(19)20/h7-9,11H,3-6,10H2,1-2H3. The van der Waals surface area contributed by atoms with Gasteiger partial charge in [-0.25, -0.2) is 4.79 Å². The van der Waals surface area contributed by atoms with Gasteiger partial charge < -0.3 is 9.64 Å². The second kappa shape index (κ2) is 6.56. The number of benzene rings is 1. The van der Waals surface area contributed by atoms with Crippen LogP contribution < -0.4 is 4.90 Å². The number of hydrogen-bond donors (Lipinski definition) is 0. The Morgan fingerprint density at radius 3 is 2.67 bits per heavy atom. The molecule has 1 aliphatic carbocycles. The lowest BCUT2D eigenvalue weighted by Crippen LogP contribution is -2.33. The van der Waals surface area contributed by atoms with Crippen LogP contribution in [0.25, 0.3) is 0 Å². The fourth-order valence-corrected chi connectivity index (χ4v) is 2.56. The van der Waals surface area contributed by atoms with E-state index in [-0.39, 0.29) is 5.69 Å². The van der Waals surface area contributed by atoms with E-state index in [0.717, 1.165) is 6.54 Å². The smallest absolute Gasteiger partial charge is 0.337 e. The summed E-state index contributed by atoms with van der Waals surface area (Å²) in [5, 5.41) is 11.2. The summed E-state index contributed by atoms with van der Waals surface area (Å²) in [5.41, 5.74) is 0.867. The quantitative estimate of drug-likeness (QED) is 0.458. The first-order valence-corrected chi connectivity index (χ1v) is 7.18. The number of ether oxygens (including phenoxy) is 1. The maximum absolute atomic E-state index is 11.6. The van der Waals surface area contributed by atoms with Gasteiger partial charge in [-0.05, 0) is 37.8 Å². The monoisotopic (exact) mass is 292 g/mol. The third kappa shape index (κ3) is 3.32. The van der Waals surface area contributed by atoms with Gasteiger partial charge in [-0.2, -0.15) is 0 Å². The van der Waals surface area contributed by atoms with Crippen LogP contribution in [0.15, 0.2) is 18.2 Å². The molecule has 1 fully saturated rings. The predicted molar refractivity (Wildman–Crippen MR) is 79.7 cm³/mol. The molecule has 0 heterocycles. The van der Waals surface area contributed by atoms with Crippen LogP contribution in [-0.4, -0.2) is 31.1 Å². The molecule has 21 heavy (non-hydrogen) atoms. The van der Waals surface area contributed by atoms with E-state index in [1.165, 1.54) is 38.5 Å². The minimum absolute atomic E-state index is 0.0313. The van der Waals surface area contributed by atoms with Gasteiger partial charge in [0, 0.05) is 19.2 Å². The summed E-state index contributed by atoms with van der Waals surface area (Å²) >= 11 is 0. The molecule has 0 N–H and O–H groups in total. The molecule has 0 spiro atoms. The van der Waals surface area contributed by atoms with Crippen molar-refractivity contribution < 1.29 is 14.5 Å². The largest absolute Gasteiger partial charge is 0.465 e. The summed E-state index contributed by atoms with van der Waals surface area (Å²) in [5.74, 6) is 0.109. The third-order valence-electron chi connectivity index (χ3n) is 4.02. The molecule has 1 saturated carbocycles. The predicted octanol–water partition coefficient (Wildman–Crippen LogP) is 3.01. The Morgan fingerprint density at radius 1 is 1.48 bits per heavy atom. The highest BCUT2D eigenvalue weighted by Gasteiger charge is 2.25. The molecule has 0 atom stereocenters. The average molecular weight is 292 g/mol. The van der Waals surface area contributed by atoms with Gasteiger partial charge in [-0.1, -0.05) is 6.42 Å². The summed E-state index contributed by atoms with van der Waals surface area (Å²) in [6, 6.07) is 4.38. The Balaban J connectivity index is 2.35. The molecule has 1 aliphatic rings. The van der Waals surface area contributed by atoms with Crippen molar-refractivity contribution in [2.24, 2.45) is 5.92 Å². The molecule has 114 valence electrons. The van der Waals surface area contributed by atoms with Crippen molar-refractivity contribution in [1.29, 1.82) is 0 Å². The van der Waals surface area contributed by atoms with Gasteiger partial charge in [0.2, 0.25) is 0 Å². The maximum Gasteiger partial charge on any atom is 0.337 e. The lowest BCUT2D eigenvalue weighted by molar-refractivity contribution is -0.384. The molecule has 6 heteroatoms. The minimum atomic E-state index is -0.481. The number of carbonyl (C=O) groups excluding carboxylic acids is 1. The fourth-order valence-electron chi connectivity index (χ4n) is 2.56. The Morgan fingerprint density at radius 2 is 2.19 bits per heavy atom. The van der Waals surface area contributed by atoms with Crippen molar-refractivity contribution in [3.63, 3.8) is 0 Å². The molecule has 0 radical (unpaired) electrons. The van der Waals surface area contributed by atoms with Crippen LogP contribution in [0.3, 0.4) is 0 Å². The summed E-state index contributed by atoms with van der Waals surface area (Å²) in [7, 11) is 1.30. The van der Waals surface area contributed by atoms with Crippen molar-refractivity contribution in [3.05, 3.63) is 33.9 Å². The molecule has 0 saturated heterocycles. The Hall–Kier alpha value is -2.11. The SMILES string of the molecule is CCN(CC1CCC1)c1cc(C(=O)OC)ccc1[N+](=O)[O-]. The first kappa shape index (κ1) is 15.3. The molecule has 2 rings (SSSR count). The minimum Gasteiger partial charge on any atom is -0.465 e. The van der Waals surface area contributed by atoms with Crippen molar-refractivity contribution in [2.75, 3.05) is 25.1 Å². The van der Waals surface area contributed by atoms with Crippen LogP contribution in [0.5, 0.6) is 0 Å². The summed E-state index contributed by atoms with van der Waals surface area (Å²) in [6.07, 6.45) is 3.56. The van der Waals surface area contributed by atoms with E-state index in [9.17, 15) is 14.9 Å². The molecular formula is C15H20N2O4. The first-order valence-electron chi connectivity index (χ1n) is 7.18. The van der Waals surface area contributed by atoms with Crippen molar-refractivity contribution in [1.82, 2.24) is 0 Å². The zero-order chi connectivity index (χ0) is 15.4. The van der Waals surface area contributed by atoms with E-state index in [2.05, 4.69) is 0 Å². The Bertz CT molecular complexity index is 540. The fraction of sp³-hybridized carbons (Fsp3) is 0.533. The number of hydrogen-bond acceptors (Lipinski definition) is 5. The van der Waals surface area contributed by atoms with E-state index >= 15 is 0 Å². The van der Waals surface area contributed by atoms with Crippen LogP contribution in [0, 0.1) is 16.0 Å². The van der Waals surface area contributed by atoms with E-state index in [1.54, 1.807) is 6.07 Å². The Kier molecular flexibility index (Phi) is 4.77. The van der Waals surface area contributed by atoms with E-state index < -0.39 is 10.9 Å². The summed E-state index contributed by atoms with van der Waals surface area (Å²) in [4.78, 5) is 24.4. The van der Waals surface area contributed by atoms with Crippen LogP contribution >= 0.6 is 0 Å². The zero-order valence-electron chi connectivity index (χ0n) is 12.4. The van der Waals surface area contributed by atoms with Gasteiger partial charge in [0.1, 0.15) is 5.69 Å². The van der Waals surface area contributed by atoms with Gasteiger partial charge in [0.05, 0.1) is 17.6 Å². The molecule has 1 aromatic carbocycles. The molecule has 0 bridgehead atoms. The molecule has 0 amide bonds. The van der Waals surface area contributed by atoms with Gasteiger partial charge in [-0.3, -0.25) is 10.1 Å². The van der Waals surface area contributed by atoms with Crippen LogP contribution in [-0.2, 0) is 4.74 Å². The highest BCUT2D eigenvalue weighted by molar-refractivity contribution is 5.91. The lowest BCUT2D eigenvalue weighted by atomic mass is 9.85. The number of esters is 1. The van der Waals surface area contributed by atoms with E-state index in [1.807, 2.05) is 11.8 Å². The zero-order valence-corrected chi connectivity index (χ0v) is 12.4. The second-order valence-corrected chi connectivity index (χ2v) is 5.29. The number of nitrogens with zero attached hydrogens (tertiary/aromatic N) is 2. The molecule has 6 nitrogen and oxygen atoms in total. The molecular weight excluding hydrogens is 272 g/mol. The number of methoxy groups -OCH3 is 1. The number of nitro benzene ring substituents is 1. The second-order valence-electron chi connectivity index (χ2n) is 5.29. The third-order valence-corrected chi connectivity index (χ3v) is 4.02. The van der Waals surface area contributed by atoms with Crippen molar-refractivity contribution in [2.45, 2.75) is 26.2 Å². The lowest BCUT2D eigenvalue weighted by Gasteiger charge is -2.33. The van der Waals surface area contributed by atoms with Gasteiger partial charge in [0.15, 0.2) is 0 Å². The normalized spacial score (nSPS) is 14.4. The molecule has 1 aromatic rings. The van der Waals surface area contributed by atoms with Gasteiger partial charge in [0.25, 0.3) is 5.69 Å². The van der Waals surface area contributed by atoms with Crippen molar-refractivity contribution in [3.8, 4) is 0 Å². The number of anilines is 1. The van der Waals surface area contributed by atoms with Crippen LogP contribution in [0.4, 0.5) is 11.4 Å². The topological polar surface area (TPSA) is 72.7 Å². The van der Waals surface area contributed by atoms with Crippen LogP contribution in [0.2, 0.25) is 0 Å². The molecule has 0 unspecified atom stereocenters. The number of carbonyl (C=O) groups is 1. The summed E-state index contributed by atoms with van der Waals surface area (Å²) < 4.78 is 4.69. The summed E-state index contributed by atoms with van der Waals surface area (Å²) in [6.45, 7) is 3.43. The Labute approximate surface area is 123 Å². The highest BCUT2D eigenvalue weighted by atomic mass is 16.6. The van der Waals surface area contributed by atoms with Crippen molar-refractivity contribution >= 4 is 17.3 Å². The first-order chi connectivity index (χ1) is 10.1. The maximum atomic E-state index is 11.6. The number of nitro groups is 1.